The Morgan fingerprint density at radius 2 is 1.08 bits per heavy atom. The number of unbranched alkanes of at least 4 members (excludes halogenated alkanes) is 10. The summed E-state index contributed by atoms with van der Waals surface area (Å²) in [7, 11) is 0. The molecule has 0 aromatic heterocycles. The van der Waals surface area contributed by atoms with Crippen LogP contribution in [0.15, 0.2) is 36.5 Å². The predicted octanol–water partition coefficient (Wildman–Crippen LogP) is 7.01. The summed E-state index contributed by atoms with van der Waals surface area (Å²) in [5.41, 5.74) is 5.11. The van der Waals surface area contributed by atoms with E-state index in [1.807, 2.05) is 0 Å². The minimum Gasteiger partial charge on any atom is -0.370 e. The fraction of sp³-hybridized carbons (Fsp3) is 0.696. The highest BCUT2D eigenvalue weighted by atomic mass is 16.1. The normalized spacial score (nSPS) is 12.0. The number of rotatable bonds is 18. The second kappa shape index (κ2) is 20.7. The Kier molecular flexibility index (Phi) is 19.6. The van der Waals surface area contributed by atoms with Crippen LogP contribution in [0.4, 0.5) is 0 Å². The van der Waals surface area contributed by atoms with Crippen LogP contribution in [0.5, 0.6) is 0 Å². The molecule has 0 aliphatic heterocycles. The molecule has 2 heteroatoms. The maximum atomic E-state index is 10.6. The van der Waals surface area contributed by atoms with E-state index in [4.69, 9.17) is 5.73 Å². The van der Waals surface area contributed by atoms with Crippen molar-refractivity contribution in [2.75, 3.05) is 0 Å². The molecule has 0 atom stereocenters. The fourth-order valence-electron chi connectivity index (χ4n) is 2.68. The van der Waals surface area contributed by atoms with Gasteiger partial charge in [-0.1, -0.05) is 75.5 Å². The summed E-state index contributed by atoms with van der Waals surface area (Å²) in [6, 6.07) is 0. The number of hydrogen-bond donors (Lipinski definition) is 1. The minimum absolute atomic E-state index is 0.181. The second-order valence-corrected chi connectivity index (χ2v) is 6.85. The van der Waals surface area contributed by atoms with Crippen LogP contribution in [0.25, 0.3) is 0 Å². The average Bonchev–Trinajstić information content (AvgIpc) is 2.60. The SMILES string of the molecule is CCCCC=CCCCCCCC=CCC=CCCCCCC(N)=O. The molecule has 0 fully saturated rings. The van der Waals surface area contributed by atoms with Crippen LogP contribution in [0, 0.1) is 0 Å². The molecule has 2 N–H and O–H groups in total. The van der Waals surface area contributed by atoms with Crippen LogP contribution in [0.2, 0.25) is 0 Å². The first-order valence-electron chi connectivity index (χ1n) is 10.5. The van der Waals surface area contributed by atoms with Gasteiger partial charge in [-0.15, -0.1) is 0 Å². The average molecular weight is 348 g/mol. The topological polar surface area (TPSA) is 43.1 Å². The summed E-state index contributed by atoms with van der Waals surface area (Å²) in [6.45, 7) is 2.25. The molecule has 0 aliphatic rings. The van der Waals surface area contributed by atoms with E-state index in [1.165, 1.54) is 57.8 Å². The van der Waals surface area contributed by atoms with Crippen LogP contribution < -0.4 is 5.73 Å². The van der Waals surface area contributed by atoms with Gasteiger partial charge < -0.3 is 5.73 Å². The summed E-state index contributed by atoms with van der Waals surface area (Å²) < 4.78 is 0. The third-order valence-electron chi connectivity index (χ3n) is 4.28. The van der Waals surface area contributed by atoms with Gasteiger partial charge >= 0.3 is 0 Å². The Morgan fingerprint density at radius 1 is 0.640 bits per heavy atom. The molecule has 144 valence electrons. The van der Waals surface area contributed by atoms with Crippen LogP contribution in [-0.2, 0) is 4.79 Å². The van der Waals surface area contributed by atoms with E-state index in [1.54, 1.807) is 0 Å². The van der Waals surface area contributed by atoms with E-state index in [2.05, 4.69) is 43.4 Å². The zero-order chi connectivity index (χ0) is 18.4. The summed E-state index contributed by atoms with van der Waals surface area (Å²) in [4.78, 5) is 10.6. The molecule has 0 saturated carbocycles. The summed E-state index contributed by atoms with van der Waals surface area (Å²) in [6.07, 6.45) is 31.4. The molecule has 0 rings (SSSR count). The first kappa shape index (κ1) is 23.7. The first-order valence-corrected chi connectivity index (χ1v) is 10.5. The number of amides is 1. The maximum Gasteiger partial charge on any atom is 0.217 e. The Balaban J connectivity index is 3.23. The van der Waals surface area contributed by atoms with E-state index >= 15 is 0 Å². The van der Waals surface area contributed by atoms with Crippen molar-refractivity contribution in [2.45, 2.75) is 103 Å². The molecule has 0 heterocycles. The van der Waals surface area contributed by atoms with Crippen molar-refractivity contribution in [1.29, 1.82) is 0 Å². The molecule has 0 spiro atoms. The third kappa shape index (κ3) is 22.7. The Hall–Kier alpha value is -1.31. The van der Waals surface area contributed by atoms with Crippen molar-refractivity contribution in [3.63, 3.8) is 0 Å². The van der Waals surface area contributed by atoms with Crippen molar-refractivity contribution in [2.24, 2.45) is 5.73 Å². The quantitative estimate of drug-likeness (QED) is 0.210. The molecule has 0 saturated heterocycles. The zero-order valence-corrected chi connectivity index (χ0v) is 16.6. The Labute approximate surface area is 156 Å². The summed E-state index contributed by atoms with van der Waals surface area (Å²) in [5, 5.41) is 0. The highest BCUT2D eigenvalue weighted by Gasteiger charge is 1.93. The fourth-order valence-corrected chi connectivity index (χ4v) is 2.68. The van der Waals surface area contributed by atoms with Gasteiger partial charge in [-0.2, -0.15) is 0 Å². The first-order chi connectivity index (χ1) is 12.3. The van der Waals surface area contributed by atoms with Crippen molar-refractivity contribution in [3.8, 4) is 0 Å². The Morgan fingerprint density at radius 3 is 1.56 bits per heavy atom. The van der Waals surface area contributed by atoms with Crippen LogP contribution >= 0.6 is 0 Å². The number of carbonyl (C=O) groups excluding carboxylic acids is 1. The predicted molar refractivity (Wildman–Crippen MR) is 112 cm³/mol. The lowest BCUT2D eigenvalue weighted by molar-refractivity contribution is -0.118. The lowest BCUT2D eigenvalue weighted by atomic mass is 10.1. The molecule has 0 radical (unpaired) electrons. The molecule has 0 aliphatic carbocycles. The van der Waals surface area contributed by atoms with E-state index in [9.17, 15) is 4.79 Å². The monoisotopic (exact) mass is 347 g/mol. The molecule has 0 aromatic rings. The van der Waals surface area contributed by atoms with E-state index in [-0.39, 0.29) is 5.91 Å². The van der Waals surface area contributed by atoms with Crippen LogP contribution in [-0.4, -0.2) is 5.91 Å². The van der Waals surface area contributed by atoms with Crippen molar-refractivity contribution < 1.29 is 4.79 Å². The van der Waals surface area contributed by atoms with Gasteiger partial charge in [-0.3, -0.25) is 4.79 Å². The van der Waals surface area contributed by atoms with Gasteiger partial charge in [-0.25, -0.2) is 0 Å². The molecule has 0 bridgehead atoms. The molecular weight excluding hydrogens is 306 g/mol. The molecule has 1 amide bonds. The minimum atomic E-state index is -0.181. The summed E-state index contributed by atoms with van der Waals surface area (Å²) >= 11 is 0. The maximum absolute atomic E-state index is 10.6. The number of nitrogens with two attached hydrogens (primary N) is 1. The molecule has 0 unspecified atom stereocenters. The highest BCUT2D eigenvalue weighted by Crippen LogP contribution is 2.08. The Bertz CT molecular complexity index is 368. The van der Waals surface area contributed by atoms with Crippen LogP contribution in [0.1, 0.15) is 103 Å². The van der Waals surface area contributed by atoms with E-state index in [0.717, 1.165) is 32.1 Å². The largest absolute Gasteiger partial charge is 0.370 e. The number of hydrogen-bond acceptors (Lipinski definition) is 1. The molecule has 0 aromatic carbocycles. The number of primary amides is 1. The molecule has 2 nitrogen and oxygen atoms in total. The lowest BCUT2D eigenvalue weighted by Crippen LogP contribution is -2.09. The van der Waals surface area contributed by atoms with Crippen molar-refractivity contribution >= 4 is 5.91 Å². The van der Waals surface area contributed by atoms with Crippen molar-refractivity contribution in [1.82, 2.24) is 0 Å². The van der Waals surface area contributed by atoms with Gasteiger partial charge in [0.25, 0.3) is 0 Å². The highest BCUT2D eigenvalue weighted by molar-refractivity contribution is 5.73. The van der Waals surface area contributed by atoms with Gasteiger partial charge in [0.1, 0.15) is 0 Å². The standard InChI is InChI=1S/C23H41NO/c1-2-3-4-5-6-7-8-9-10-11-12-13-14-15-16-17-18-19-20-21-22-23(24)25/h5-6,13-14,16-17H,2-4,7-12,15,18-22H2,1H3,(H2,24,25). The zero-order valence-electron chi connectivity index (χ0n) is 16.6. The van der Waals surface area contributed by atoms with Gasteiger partial charge in [0, 0.05) is 6.42 Å². The van der Waals surface area contributed by atoms with E-state index < -0.39 is 0 Å². The van der Waals surface area contributed by atoms with Gasteiger partial charge in [0.15, 0.2) is 0 Å². The van der Waals surface area contributed by atoms with Gasteiger partial charge in [0.2, 0.25) is 5.91 Å². The molecule has 25 heavy (non-hydrogen) atoms. The van der Waals surface area contributed by atoms with E-state index in [0.29, 0.717) is 6.42 Å². The number of allylic oxidation sites excluding steroid dienone is 6. The van der Waals surface area contributed by atoms with Gasteiger partial charge in [0.05, 0.1) is 0 Å². The van der Waals surface area contributed by atoms with Crippen LogP contribution in [0.3, 0.4) is 0 Å². The lowest BCUT2D eigenvalue weighted by Gasteiger charge is -1.97. The van der Waals surface area contributed by atoms with Crippen molar-refractivity contribution in [3.05, 3.63) is 36.5 Å². The third-order valence-corrected chi connectivity index (χ3v) is 4.28. The summed E-state index contributed by atoms with van der Waals surface area (Å²) in [5.74, 6) is -0.181. The smallest absolute Gasteiger partial charge is 0.217 e. The second-order valence-electron chi connectivity index (χ2n) is 6.85. The number of carbonyl (C=O) groups is 1. The van der Waals surface area contributed by atoms with Gasteiger partial charge in [-0.05, 0) is 57.8 Å². The molecular formula is C23H41NO.